The first-order chi connectivity index (χ1) is 9.54. The number of benzene rings is 1. The number of carbonyl (C=O) groups excluding carboxylic acids is 2. The summed E-state index contributed by atoms with van der Waals surface area (Å²) >= 11 is 0. The topological polar surface area (TPSA) is 95.9 Å². The maximum Gasteiger partial charge on any atom is 0.310 e. The third-order valence-corrected chi connectivity index (χ3v) is 3.38. The summed E-state index contributed by atoms with van der Waals surface area (Å²) in [5.74, 6) is -1.37. The van der Waals surface area contributed by atoms with Gasteiger partial charge < -0.3 is 20.1 Å². The van der Waals surface area contributed by atoms with Gasteiger partial charge in [0.25, 0.3) is 11.8 Å². The monoisotopic (exact) mass is 276 g/mol. The minimum absolute atomic E-state index is 0.0350. The lowest BCUT2D eigenvalue weighted by Crippen LogP contribution is -2.53. The Morgan fingerprint density at radius 3 is 2.80 bits per heavy atom. The molecular formula is C13H12N2O5. The molecule has 0 saturated carbocycles. The molecule has 2 aliphatic rings. The SMILES string of the molecule is O=C1COc2ccc(C(=O)N3CC(C(=O)O)C3)cc2N1. The second-order valence-corrected chi connectivity index (χ2v) is 4.79. The van der Waals surface area contributed by atoms with Crippen molar-refractivity contribution >= 4 is 23.5 Å². The van der Waals surface area contributed by atoms with Crippen LogP contribution in [0.25, 0.3) is 0 Å². The fourth-order valence-electron chi connectivity index (χ4n) is 2.20. The number of aliphatic carboxylic acids is 1. The number of carboxylic acid groups (broad SMARTS) is 1. The number of nitrogens with one attached hydrogen (secondary N) is 1. The third-order valence-electron chi connectivity index (χ3n) is 3.38. The van der Waals surface area contributed by atoms with Crippen LogP contribution in [0.2, 0.25) is 0 Å². The van der Waals surface area contributed by atoms with E-state index in [0.717, 1.165) is 0 Å². The van der Waals surface area contributed by atoms with E-state index < -0.39 is 11.9 Å². The van der Waals surface area contributed by atoms with Crippen LogP contribution < -0.4 is 10.1 Å². The van der Waals surface area contributed by atoms with Crippen molar-refractivity contribution in [2.75, 3.05) is 25.0 Å². The zero-order valence-corrected chi connectivity index (χ0v) is 10.5. The van der Waals surface area contributed by atoms with Gasteiger partial charge in [-0.3, -0.25) is 14.4 Å². The Morgan fingerprint density at radius 2 is 2.10 bits per heavy atom. The number of hydrogen-bond donors (Lipinski definition) is 2. The van der Waals surface area contributed by atoms with E-state index in [1.807, 2.05) is 0 Å². The lowest BCUT2D eigenvalue weighted by atomic mass is 9.99. The van der Waals surface area contributed by atoms with Gasteiger partial charge in [0.2, 0.25) is 0 Å². The van der Waals surface area contributed by atoms with Gasteiger partial charge in [-0.05, 0) is 18.2 Å². The van der Waals surface area contributed by atoms with E-state index in [2.05, 4.69) is 5.32 Å². The molecule has 0 unspecified atom stereocenters. The fraction of sp³-hybridized carbons (Fsp3) is 0.308. The van der Waals surface area contributed by atoms with Gasteiger partial charge in [0.15, 0.2) is 6.61 Å². The molecule has 1 fully saturated rings. The van der Waals surface area contributed by atoms with Gasteiger partial charge in [0.1, 0.15) is 5.75 Å². The molecule has 0 bridgehead atoms. The summed E-state index contributed by atoms with van der Waals surface area (Å²) in [5, 5.41) is 11.4. The number of carbonyl (C=O) groups is 3. The molecule has 2 N–H and O–H groups in total. The zero-order chi connectivity index (χ0) is 14.3. The number of fused-ring (bicyclic) bond motifs is 1. The van der Waals surface area contributed by atoms with Gasteiger partial charge in [-0.25, -0.2) is 0 Å². The predicted octanol–water partition coefficient (Wildman–Crippen LogP) is 0.174. The maximum atomic E-state index is 12.1. The molecule has 0 spiro atoms. The summed E-state index contributed by atoms with van der Waals surface area (Å²) in [6.45, 7) is 0.398. The molecule has 7 heteroatoms. The highest BCUT2D eigenvalue weighted by atomic mass is 16.5. The Morgan fingerprint density at radius 1 is 1.35 bits per heavy atom. The molecule has 2 aliphatic heterocycles. The van der Waals surface area contributed by atoms with Crippen molar-refractivity contribution in [3.63, 3.8) is 0 Å². The standard InChI is InChI=1S/C13H12N2O5/c16-11-6-20-10-2-1-7(3-9(10)14-11)12(17)15-4-8(5-15)13(18)19/h1-3,8H,4-6H2,(H,14,16)(H,18,19). The van der Waals surface area contributed by atoms with Crippen molar-refractivity contribution in [3.05, 3.63) is 23.8 Å². The molecule has 20 heavy (non-hydrogen) atoms. The molecule has 0 aliphatic carbocycles. The van der Waals surface area contributed by atoms with E-state index >= 15 is 0 Å². The van der Waals surface area contributed by atoms with Crippen LogP contribution in [0.15, 0.2) is 18.2 Å². The van der Waals surface area contributed by atoms with Gasteiger partial charge in [0, 0.05) is 18.7 Å². The highest BCUT2D eigenvalue weighted by molar-refractivity contribution is 6.00. The molecule has 104 valence electrons. The predicted molar refractivity (Wildman–Crippen MR) is 67.6 cm³/mol. The highest BCUT2D eigenvalue weighted by Crippen LogP contribution is 2.29. The molecule has 1 aromatic rings. The van der Waals surface area contributed by atoms with Crippen molar-refractivity contribution in [3.8, 4) is 5.75 Å². The van der Waals surface area contributed by atoms with Crippen LogP contribution >= 0.6 is 0 Å². The molecule has 7 nitrogen and oxygen atoms in total. The number of anilines is 1. The van der Waals surface area contributed by atoms with Crippen LogP contribution in [0, 0.1) is 5.92 Å². The van der Waals surface area contributed by atoms with Crippen LogP contribution in [0.4, 0.5) is 5.69 Å². The number of nitrogens with zero attached hydrogens (tertiary/aromatic N) is 1. The first kappa shape index (κ1) is 12.5. The zero-order valence-electron chi connectivity index (χ0n) is 10.5. The lowest BCUT2D eigenvalue weighted by molar-refractivity contribution is -0.146. The van der Waals surface area contributed by atoms with Crippen molar-refractivity contribution < 1.29 is 24.2 Å². The molecule has 2 amide bonds. The number of hydrogen-bond acceptors (Lipinski definition) is 4. The summed E-state index contributed by atoms with van der Waals surface area (Å²) in [5.41, 5.74) is 0.862. The Kier molecular flexibility index (Phi) is 2.81. The quantitative estimate of drug-likeness (QED) is 0.803. The summed E-state index contributed by atoms with van der Waals surface area (Å²) in [4.78, 5) is 35.5. The molecule has 0 atom stereocenters. The van der Waals surface area contributed by atoms with Gasteiger partial charge in [-0.2, -0.15) is 0 Å². The van der Waals surface area contributed by atoms with Gasteiger partial charge >= 0.3 is 5.97 Å². The second kappa shape index (κ2) is 4.52. The van der Waals surface area contributed by atoms with Crippen molar-refractivity contribution in [2.45, 2.75) is 0 Å². The lowest BCUT2D eigenvalue weighted by Gasteiger charge is -2.36. The first-order valence-corrected chi connectivity index (χ1v) is 6.13. The molecule has 1 aromatic carbocycles. The number of carboxylic acids is 1. The molecule has 1 saturated heterocycles. The number of likely N-dealkylation sites (tertiary alicyclic amines) is 1. The second-order valence-electron chi connectivity index (χ2n) is 4.79. The number of amides is 2. The Bertz CT molecular complexity index is 607. The molecular weight excluding hydrogens is 264 g/mol. The van der Waals surface area contributed by atoms with Crippen LogP contribution in [-0.2, 0) is 9.59 Å². The van der Waals surface area contributed by atoms with E-state index in [1.165, 1.54) is 4.90 Å². The first-order valence-electron chi connectivity index (χ1n) is 6.13. The van der Waals surface area contributed by atoms with Crippen molar-refractivity contribution in [2.24, 2.45) is 5.92 Å². The fourth-order valence-corrected chi connectivity index (χ4v) is 2.20. The number of ether oxygens (including phenoxy) is 1. The largest absolute Gasteiger partial charge is 0.482 e. The smallest absolute Gasteiger partial charge is 0.310 e. The average molecular weight is 276 g/mol. The number of rotatable bonds is 2. The Labute approximate surface area is 114 Å². The molecule has 2 heterocycles. The summed E-state index contributed by atoms with van der Waals surface area (Å²) in [6.07, 6.45) is 0. The van der Waals surface area contributed by atoms with Gasteiger partial charge in [-0.1, -0.05) is 0 Å². The summed E-state index contributed by atoms with van der Waals surface area (Å²) < 4.78 is 5.21. The minimum Gasteiger partial charge on any atom is -0.482 e. The van der Waals surface area contributed by atoms with E-state index in [1.54, 1.807) is 18.2 Å². The van der Waals surface area contributed by atoms with Crippen LogP contribution in [0.5, 0.6) is 5.75 Å². The normalized spacial score (nSPS) is 17.6. The van der Waals surface area contributed by atoms with Crippen molar-refractivity contribution in [1.29, 1.82) is 0 Å². The molecule has 3 rings (SSSR count). The van der Waals surface area contributed by atoms with E-state index in [4.69, 9.17) is 9.84 Å². The average Bonchev–Trinajstić information content (AvgIpc) is 2.35. The summed E-state index contributed by atoms with van der Waals surface area (Å²) in [7, 11) is 0. The van der Waals surface area contributed by atoms with E-state index in [-0.39, 0.29) is 31.5 Å². The Hall–Kier alpha value is -2.57. The molecule has 0 aromatic heterocycles. The van der Waals surface area contributed by atoms with E-state index in [0.29, 0.717) is 17.0 Å². The van der Waals surface area contributed by atoms with Crippen LogP contribution in [0.3, 0.4) is 0 Å². The van der Waals surface area contributed by atoms with Crippen molar-refractivity contribution in [1.82, 2.24) is 4.90 Å². The summed E-state index contributed by atoms with van der Waals surface area (Å²) in [6, 6.07) is 4.77. The van der Waals surface area contributed by atoms with Crippen LogP contribution in [-0.4, -0.2) is 47.5 Å². The van der Waals surface area contributed by atoms with Crippen LogP contribution in [0.1, 0.15) is 10.4 Å². The minimum atomic E-state index is -0.889. The maximum absolute atomic E-state index is 12.1. The van der Waals surface area contributed by atoms with Gasteiger partial charge in [-0.15, -0.1) is 0 Å². The Balaban J connectivity index is 1.75. The highest BCUT2D eigenvalue weighted by Gasteiger charge is 2.36. The van der Waals surface area contributed by atoms with E-state index in [9.17, 15) is 14.4 Å². The third kappa shape index (κ3) is 2.07. The van der Waals surface area contributed by atoms with Gasteiger partial charge in [0.05, 0.1) is 11.6 Å². The molecule has 0 radical (unpaired) electrons.